The molecule has 0 bridgehead atoms. The van der Waals surface area contributed by atoms with E-state index in [1.54, 1.807) is 13.1 Å². The summed E-state index contributed by atoms with van der Waals surface area (Å²) in [5.41, 5.74) is 12.8. The van der Waals surface area contributed by atoms with Crippen LogP contribution in [0.4, 0.5) is 0 Å². The van der Waals surface area contributed by atoms with E-state index in [-0.39, 0.29) is 18.8 Å². The van der Waals surface area contributed by atoms with Gasteiger partial charge in [-0.25, -0.2) is 4.79 Å². The molecular weight excluding hydrogens is 492 g/mol. The summed E-state index contributed by atoms with van der Waals surface area (Å²) in [5.74, 6) is -3.49. The first-order valence-electron chi connectivity index (χ1n) is 12.9. The maximum absolute atomic E-state index is 13.4. The Morgan fingerprint density at radius 2 is 1.66 bits per heavy atom. The molecular formula is C26H40N6O6. The number of nitrogens with two attached hydrogens (primary N) is 2. The largest absolute Gasteiger partial charge is 0.480 e. The molecule has 210 valence electrons. The number of unbranched alkanes of at least 4 members (excludes halogenated alkanes) is 1. The van der Waals surface area contributed by atoms with E-state index in [2.05, 4.69) is 20.9 Å². The zero-order chi connectivity index (χ0) is 28.2. The second-order valence-electron chi connectivity index (χ2n) is 9.47. The first kappa shape index (κ1) is 30.7. The number of nitrogens with one attached hydrogen (secondary N) is 4. The molecule has 1 aromatic carbocycles. The number of hydrogen-bond acceptors (Lipinski definition) is 7. The van der Waals surface area contributed by atoms with Crippen molar-refractivity contribution in [1.29, 1.82) is 0 Å². The average molecular weight is 533 g/mol. The van der Waals surface area contributed by atoms with Gasteiger partial charge >= 0.3 is 5.97 Å². The third-order valence-electron chi connectivity index (χ3n) is 6.62. The maximum atomic E-state index is 13.4. The van der Waals surface area contributed by atoms with E-state index in [0.717, 1.165) is 16.5 Å². The number of H-pyrrole nitrogens is 1. The Labute approximate surface area is 221 Å². The molecule has 38 heavy (non-hydrogen) atoms. The minimum Gasteiger partial charge on any atom is -0.480 e. The molecule has 0 saturated carbocycles. The van der Waals surface area contributed by atoms with E-state index in [9.17, 15) is 29.4 Å². The average Bonchev–Trinajstić information content (AvgIpc) is 3.32. The lowest BCUT2D eigenvalue weighted by molar-refractivity contribution is -0.144. The zero-order valence-electron chi connectivity index (χ0n) is 21.9. The Balaban J connectivity index is 2.29. The summed E-state index contributed by atoms with van der Waals surface area (Å²) < 4.78 is 0. The number of aliphatic hydroxyl groups excluding tert-OH is 1. The second-order valence-corrected chi connectivity index (χ2v) is 9.47. The van der Waals surface area contributed by atoms with Gasteiger partial charge in [0.1, 0.15) is 24.2 Å². The van der Waals surface area contributed by atoms with Crippen molar-refractivity contribution in [3.8, 4) is 0 Å². The van der Waals surface area contributed by atoms with Gasteiger partial charge < -0.3 is 42.6 Å². The third kappa shape index (κ3) is 8.54. The topological polar surface area (TPSA) is 213 Å². The van der Waals surface area contributed by atoms with Crippen molar-refractivity contribution < 1.29 is 29.4 Å². The fraction of sp³-hybridized carbons (Fsp3) is 0.538. The van der Waals surface area contributed by atoms with Crippen LogP contribution in [0, 0.1) is 5.92 Å². The number of benzene rings is 1. The SMILES string of the molecule is CCC(C)C(NC(=O)C(CCCCN)NC(=O)C(Cc1c[nH]c2ccccc12)NC(=O)C(N)CO)C(=O)O. The number of amides is 3. The molecule has 0 fully saturated rings. The number of aromatic amines is 1. The van der Waals surface area contributed by atoms with E-state index >= 15 is 0 Å². The molecule has 0 radical (unpaired) electrons. The number of rotatable bonds is 16. The van der Waals surface area contributed by atoms with Crippen molar-refractivity contribution >= 4 is 34.6 Å². The summed E-state index contributed by atoms with van der Waals surface area (Å²) in [5, 5.41) is 27.5. The molecule has 2 rings (SSSR count). The Kier molecular flexibility index (Phi) is 12.2. The number of carbonyl (C=O) groups is 4. The van der Waals surface area contributed by atoms with Crippen LogP contribution < -0.4 is 27.4 Å². The molecule has 12 heteroatoms. The van der Waals surface area contributed by atoms with Crippen LogP contribution in [0.5, 0.6) is 0 Å². The van der Waals surface area contributed by atoms with Crippen molar-refractivity contribution in [2.24, 2.45) is 17.4 Å². The number of aliphatic carboxylic acids is 1. The molecule has 5 atom stereocenters. The number of carboxylic acid groups (broad SMARTS) is 1. The predicted molar refractivity (Wildman–Crippen MR) is 143 cm³/mol. The molecule has 0 aliphatic heterocycles. The lowest BCUT2D eigenvalue weighted by Crippen LogP contribution is -2.58. The van der Waals surface area contributed by atoms with E-state index in [4.69, 9.17) is 11.5 Å². The van der Waals surface area contributed by atoms with Gasteiger partial charge in [-0.2, -0.15) is 0 Å². The Morgan fingerprint density at radius 1 is 1.00 bits per heavy atom. The predicted octanol–water partition coefficient (Wildman–Crippen LogP) is -0.256. The Morgan fingerprint density at radius 3 is 2.29 bits per heavy atom. The summed E-state index contributed by atoms with van der Waals surface area (Å²) in [6.07, 6.45) is 3.70. The minimum absolute atomic E-state index is 0.0848. The number of para-hydroxylation sites is 1. The Bertz CT molecular complexity index is 1090. The van der Waals surface area contributed by atoms with Crippen LogP contribution in [0.1, 0.15) is 45.1 Å². The monoisotopic (exact) mass is 532 g/mol. The summed E-state index contributed by atoms with van der Waals surface area (Å²) in [6.45, 7) is 3.33. The van der Waals surface area contributed by atoms with Crippen LogP contribution >= 0.6 is 0 Å². The van der Waals surface area contributed by atoms with Crippen molar-refractivity contribution in [2.75, 3.05) is 13.2 Å². The number of aromatic nitrogens is 1. The van der Waals surface area contributed by atoms with E-state index in [1.807, 2.05) is 31.2 Å². The van der Waals surface area contributed by atoms with Crippen LogP contribution in [-0.2, 0) is 25.6 Å². The van der Waals surface area contributed by atoms with Crippen LogP contribution in [-0.4, -0.2) is 76.2 Å². The molecule has 0 spiro atoms. The van der Waals surface area contributed by atoms with Crippen LogP contribution in [0.2, 0.25) is 0 Å². The molecule has 1 aromatic heterocycles. The smallest absolute Gasteiger partial charge is 0.326 e. The normalized spacial score (nSPS) is 15.2. The van der Waals surface area contributed by atoms with Crippen LogP contribution in [0.25, 0.3) is 10.9 Å². The molecule has 2 aromatic rings. The van der Waals surface area contributed by atoms with Gasteiger partial charge in [-0.15, -0.1) is 0 Å². The summed E-state index contributed by atoms with van der Waals surface area (Å²) >= 11 is 0. The van der Waals surface area contributed by atoms with Gasteiger partial charge in [0.2, 0.25) is 17.7 Å². The molecule has 0 aliphatic rings. The van der Waals surface area contributed by atoms with E-state index in [0.29, 0.717) is 25.8 Å². The quantitative estimate of drug-likeness (QED) is 0.135. The van der Waals surface area contributed by atoms with Crippen LogP contribution in [0.15, 0.2) is 30.5 Å². The fourth-order valence-corrected chi connectivity index (χ4v) is 4.06. The molecule has 10 N–H and O–H groups in total. The number of fused-ring (bicyclic) bond motifs is 1. The highest BCUT2D eigenvalue weighted by Gasteiger charge is 2.32. The lowest BCUT2D eigenvalue weighted by atomic mass is 9.98. The van der Waals surface area contributed by atoms with Crippen LogP contribution in [0.3, 0.4) is 0 Å². The van der Waals surface area contributed by atoms with Crippen molar-refractivity contribution in [1.82, 2.24) is 20.9 Å². The molecule has 5 unspecified atom stereocenters. The number of aliphatic hydroxyl groups is 1. The first-order chi connectivity index (χ1) is 18.1. The summed E-state index contributed by atoms with van der Waals surface area (Å²) in [4.78, 5) is 53.9. The maximum Gasteiger partial charge on any atom is 0.326 e. The number of hydrogen-bond donors (Lipinski definition) is 8. The minimum atomic E-state index is -1.23. The zero-order valence-corrected chi connectivity index (χ0v) is 21.9. The number of carboxylic acids is 1. The lowest BCUT2D eigenvalue weighted by Gasteiger charge is -2.26. The van der Waals surface area contributed by atoms with Gasteiger partial charge in [0.05, 0.1) is 6.61 Å². The van der Waals surface area contributed by atoms with E-state index in [1.165, 1.54) is 0 Å². The number of carbonyl (C=O) groups excluding carboxylic acids is 3. The standard InChI is InChI=1S/C26H40N6O6/c1-3-15(2)22(26(37)38)32-24(35)20(10-6-7-11-27)30-25(36)21(31-23(34)18(28)14-33)12-16-13-29-19-9-5-4-8-17(16)19/h4-5,8-9,13,15,18,20-22,29,33H,3,6-7,10-12,14,27-28H2,1-2H3,(H,30,36)(H,31,34)(H,32,35)(H,37,38). The molecule has 0 aliphatic carbocycles. The first-order valence-corrected chi connectivity index (χ1v) is 12.9. The molecule has 12 nitrogen and oxygen atoms in total. The molecule has 1 heterocycles. The van der Waals surface area contributed by atoms with Gasteiger partial charge in [0.15, 0.2) is 0 Å². The van der Waals surface area contributed by atoms with E-state index < -0.39 is 54.5 Å². The summed E-state index contributed by atoms with van der Waals surface area (Å²) in [7, 11) is 0. The highest BCUT2D eigenvalue weighted by atomic mass is 16.4. The third-order valence-corrected chi connectivity index (χ3v) is 6.62. The van der Waals surface area contributed by atoms with Gasteiger partial charge in [-0.1, -0.05) is 38.5 Å². The second kappa shape index (κ2) is 15.1. The molecule has 0 saturated heterocycles. The van der Waals surface area contributed by atoms with Gasteiger partial charge in [-0.05, 0) is 43.4 Å². The van der Waals surface area contributed by atoms with Gasteiger partial charge in [0, 0.05) is 23.5 Å². The van der Waals surface area contributed by atoms with Crippen molar-refractivity contribution in [2.45, 2.75) is 70.1 Å². The summed E-state index contributed by atoms with van der Waals surface area (Å²) in [6, 6.07) is 2.95. The van der Waals surface area contributed by atoms with Gasteiger partial charge in [-0.3, -0.25) is 14.4 Å². The van der Waals surface area contributed by atoms with Gasteiger partial charge in [0.25, 0.3) is 0 Å². The highest BCUT2D eigenvalue weighted by molar-refractivity contribution is 5.95. The fourth-order valence-electron chi connectivity index (χ4n) is 4.06. The molecule has 3 amide bonds. The highest BCUT2D eigenvalue weighted by Crippen LogP contribution is 2.19. The van der Waals surface area contributed by atoms with Crippen molar-refractivity contribution in [3.63, 3.8) is 0 Å². The van der Waals surface area contributed by atoms with Crippen molar-refractivity contribution in [3.05, 3.63) is 36.0 Å². The Hall–Kier alpha value is -3.48.